The van der Waals surface area contributed by atoms with Gasteiger partial charge in [-0.2, -0.15) is 4.98 Å². The number of anilines is 6. The molecule has 3 aromatic rings. The molecule has 1 saturated heterocycles. The molecule has 0 bridgehead atoms. The number of carboxylic acids is 1. The SMILES string of the molecule is C=CC(=O)Nc1cc(Nc2ncc(C(=O)O)c(N3CC(C)(C)c4nc(C)ccc43)n2)c(OC)cc1N1CC[C@@H](N(C)C)C1. The number of nitrogens with zero attached hydrogens (tertiary/aromatic N) is 6. The molecule has 4 heterocycles. The van der Waals surface area contributed by atoms with E-state index < -0.39 is 5.97 Å². The van der Waals surface area contributed by atoms with Crippen LogP contribution in [-0.2, 0) is 10.2 Å². The van der Waals surface area contributed by atoms with E-state index >= 15 is 0 Å². The van der Waals surface area contributed by atoms with Crippen LogP contribution in [0.2, 0.25) is 0 Å². The van der Waals surface area contributed by atoms with Crippen molar-refractivity contribution in [2.75, 3.05) is 61.3 Å². The first-order valence-electron chi connectivity index (χ1n) is 14.1. The molecule has 0 radical (unpaired) electrons. The first kappa shape index (κ1) is 29.8. The highest BCUT2D eigenvalue weighted by Crippen LogP contribution is 2.44. The number of carbonyl (C=O) groups excluding carboxylic acids is 1. The number of carboxylic acid groups (broad SMARTS) is 1. The lowest BCUT2D eigenvalue weighted by Gasteiger charge is -2.26. The monoisotopic (exact) mass is 586 g/mol. The van der Waals surface area contributed by atoms with E-state index in [0.29, 0.717) is 29.7 Å². The molecule has 2 aliphatic heterocycles. The number of benzene rings is 1. The summed E-state index contributed by atoms with van der Waals surface area (Å²) in [5, 5.41) is 16.1. The number of aryl methyl sites for hydroxylation is 1. The molecule has 1 atom stereocenters. The van der Waals surface area contributed by atoms with Gasteiger partial charge in [-0.05, 0) is 51.7 Å². The Hall–Kier alpha value is -4.71. The van der Waals surface area contributed by atoms with Gasteiger partial charge in [0.1, 0.15) is 11.3 Å². The number of nitrogens with one attached hydrogen (secondary N) is 2. The lowest BCUT2D eigenvalue weighted by atomic mass is 9.91. The van der Waals surface area contributed by atoms with Crippen LogP contribution in [0.15, 0.2) is 43.1 Å². The molecule has 12 nitrogen and oxygen atoms in total. The van der Waals surface area contributed by atoms with Crippen LogP contribution in [-0.4, -0.2) is 83.7 Å². The van der Waals surface area contributed by atoms with Crippen LogP contribution in [0, 0.1) is 6.92 Å². The minimum Gasteiger partial charge on any atom is -0.494 e. The molecule has 0 spiro atoms. The van der Waals surface area contributed by atoms with Crippen molar-refractivity contribution >= 4 is 46.4 Å². The predicted octanol–water partition coefficient (Wildman–Crippen LogP) is 4.32. The number of hydrogen-bond acceptors (Lipinski definition) is 10. The maximum atomic E-state index is 12.4. The number of likely N-dealkylation sites (N-methyl/N-ethyl adjacent to an activating group) is 1. The van der Waals surface area contributed by atoms with E-state index in [2.05, 4.69) is 64.9 Å². The van der Waals surface area contributed by atoms with Gasteiger partial charge in [0.2, 0.25) is 11.9 Å². The molecule has 1 aromatic carbocycles. The van der Waals surface area contributed by atoms with Crippen molar-refractivity contribution in [1.29, 1.82) is 0 Å². The zero-order valence-electron chi connectivity index (χ0n) is 25.4. The number of ether oxygens (including phenoxy) is 1. The van der Waals surface area contributed by atoms with Gasteiger partial charge in [-0.15, -0.1) is 0 Å². The highest BCUT2D eigenvalue weighted by molar-refractivity contribution is 6.02. The second kappa shape index (κ2) is 11.5. The third-order valence-corrected chi connectivity index (χ3v) is 8.00. The van der Waals surface area contributed by atoms with E-state index in [0.717, 1.165) is 42.3 Å². The summed E-state index contributed by atoms with van der Waals surface area (Å²) in [5.74, 6) is -0.535. The third kappa shape index (κ3) is 5.82. The summed E-state index contributed by atoms with van der Waals surface area (Å²) in [6.45, 7) is 11.8. The second-order valence-corrected chi connectivity index (χ2v) is 11.8. The molecule has 5 rings (SSSR count). The van der Waals surface area contributed by atoms with E-state index in [9.17, 15) is 14.7 Å². The van der Waals surface area contributed by atoms with Crippen molar-refractivity contribution in [2.45, 2.75) is 38.6 Å². The number of rotatable bonds is 9. The fraction of sp³-hybridized carbons (Fsp3) is 0.387. The molecule has 0 unspecified atom stereocenters. The summed E-state index contributed by atoms with van der Waals surface area (Å²) >= 11 is 0. The molecule has 1 amide bonds. The number of fused-ring (bicyclic) bond motifs is 1. The molecular weight excluding hydrogens is 548 g/mol. The number of aromatic nitrogens is 3. The Morgan fingerprint density at radius 2 is 1.95 bits per heavy atom. The molecule has 2 aromatic heterocycles. The molecule has 43 heavy (non-hydrogen) atoms. The summed E-state index contributed by atoms with van der Waals surface area (Å²) in [4.78, 5) is 44.7. The van der Waals surface area contributed by atoms with Gasteiger partial charge in [0.15, 0.2) is 5.82 Å². The Morgan fingerprint density at radius 3 is 2.60 bits per heavy atom. The average Bonchev–Trinajstić information content (AvgIpc) is 3.56. The molecule has 3 N–H and O–H groups in total. The Balaban J connectivity index is 1.55. The maximum absolute atomic E-state index is 12.4. The predicted molar refractivity (Wildman–Crippen MR) is 167 cm³/mol. The molecule has 2 aliphatic rings. The zero-order valence-corrected chi connectivity index (χ0v) is 25.4. The number of amides is 1. The Morgan fingerprint density at radius 1 is 1.19 bits per heavy atom. The summed E-state index contributed by atoms with van der Waals surface area (Å²) in [7, 11) is 5.69. The van der Waals surface area contributed by atoms with E-state index in [1.807, 2.05) is 30.0 Å². The van der Waals surface area contributed by atoms with Crippen molar-refractivity contribution in [1.82, 2.24) is 19.9 Å². The molecular formula is C31H38N8O4. The van der Waals surface area contributed by atoms with Gasteiger partial charge < -0.3 is 35.2 Å². The van der Waals surface area contributed by atoms with Crippen LogP contribution in [0.25, 0.3) is 0 Å². The summed E-state index contributed by atoms with van der Waals surface area (Å²) < 4.78 is 5.75. The van der Waals surface area contributed by atoms with Crippen LogP contribution >= 0.6 is 0 Å². The minimum absolute atomic E-state index is 0.0273. The van der Waals surface area contributed by atoms with Gasteiger partial charge >= 0.3 is 5.97 Å². The first-order valence-corrected chi connectivity index (χ1v) is 14.1. The van der Waals surface area contributed by atoms with E-state index in [-0.39, 0.29) is 28.7 Å². The van der Waals surface area contributed by atoms with Crippen LogP contribution in [0.5, 0.6) is 5.75 Å². The lowest BCUT2D eigenvalue weighted by molar-refractivity contribution is -0.111. The van der Waals surface area contributed by atoms with E-state index in [1.54, 1.807) is 13.2 Å². The van der Waals surface area contributed by atoms with E-state index in [4.69, 9.17) is 9.72 Å². The average molecular weight is 587 g/mol. The minimum atomic E-state index is -1.13. The van der Waals surface area contributed by atoms with Crippen molar-refractivity contribution in [2.24, 2.45) is 0 Å². The fourth-order valence-electron chi connectivity index (χ4n) is 5.68. The second-order valence-electron chi connectivity index (χ2n) is 11.8. The topological polar surface area (TPSA) is 136 Å². The first-order chi connectivity index (χ1) is 20.4. The van der Waals surface area contributed by atoms with Gasteiger partial charge in [0, 0.05) is 49.0 Å². The smallest absolute Gasteiger partial charge is 0.341 e. The zero-order chi connectivity index (χ0) is 31.1. The Kier molecular flexibility index (Phi) is 7.98. The normalized spacial score (nSPS) is 17.1. The van der Waals surface area contributed by atoms with Gasteiger partial charge in [0.05, 0.1) is 35.6 Å². The number of methoxy groups -OCH3 is 1. The van der Waals surface area contributed by atoms with Gasteiger partial charge in [-0.3, -0.25) is 9.78 Å². The number of hydrogen-bond donors (Lipinski definition) is 3. The largest absolute Gasteiger partial charge is 0.494 e. The highest BCUT2D eigenvalue weighted by Gasteiger charge is 2.39. The third-order valence-electron chi connectivity index (χ3n) is 8.00. The van der Waals surface area contributed by atoms with Crippen LogP contribution in [0.4, 0.5) is 34.5 Å². The summed E-state index contributed by atoms with van der Waals surface area (Å²) in [6, 6.07) is 7.88. The number of aromatic carboxylic acids is 1. The molecule has 0 saturated carbocycles. The summed E-state index contributed by atoms with van der Waals surface area (Å²) in [5.41, 5.74) is 4.13. The Labute approximate surface area is 251 Å². The van der Waals surface area contributed by atoms with Crippen molar-refractivity contribution in [3.05, 3.63) is 60.1 Å². The van der Waals surface area contributed by atoms with Crippen molar-refractivity contribution < 1.29 is 19.4 Å². The van der Waals surface area contributed by atoms with Crippen LogP contribution < -0.4 is 25.2 Å². The van der Waals surface area contributed by atoms with Gasteiger partial charge in [-0.25, -0.2) is 9.78 Å². The molecule has 12 heteroatoms. The summed E-state index contributed by atoms with van der Waals surface area (Å²) in [6.07, 6.45) is 3.51. The van der Waals surface area contributed by atoms with Gasteiger partial charge in [-0.1, -0.05) is 20.4 Å². The van der Waals surface area contributed by atoms with Crippen molar-refractivity contribution in [3.8, 4) is 5.75 Å². The van der Waals surface area contributed by atoms with Crippen molar-refractivity contribution in [3.63, 3.8) is 0 Å². The van der Waals surface area contributed by atoms with Gasteiger partial charge in [0.25, 0.3) is 0 Å². The number of carbonyl (C=O) groups is 2. The quantitative estimate of drug-likeness (QED) is 0.309. The highest BCUT2D eigenvalue weighted by atomic mass is 16.5. The fourth-order valence-corrected chi connectivity index (χ4v) is 5.68. The maximum Gasteiger partial charge on any atom is 0.341 e. The van der Waals surface area contributed by atoms with Crippen LogP contribution in [0.3, 0.4) is 0 Å². The van der Waals surface area contributed by atoms with E-state index in [1.165, 1.54) is 12.3 Å². The standard InChI is InChI=1S/C31H38N8O4/c1-8-26(40)34-21-13-22(25(43-7)14-24(21)38-12-11-19(16-38)37(5)6)35-30-32-15-20(29(41)42)28(36-30)39-17-31(3,4)27-23(39)10-9-18(2)33-27/h8-10,13-15,19H,1,11-12,16-17H2,2-7H3,(H,34,40)(H,41,42)(H,32,35,36)/t19-/m1/s1. The number of pyridine rings is 1. The molecule has 0 aliphatic carbocycles. The Bertz CT molecular complexity index is 1590. The molecule has 226 valence electrons. The van der Waals surface area contributed by atoms with Crippen LogP contribution in [0.1, 0.15) is 42.0 Å². The molecule has 1 fully saturated rings. The lowest BCUT2D eigenvalue weighted by Crippen LogP contribution is -2.31.